The highest BCUT2D eigenvalue weighted by molar-refractivity contribution is 6.06. The minimum atomic E-state index is -0.0122. The number of amides is 1. The lowest BCUT2D eigenvalue weighted by molar-refractivity contribution is -0.0585. The van der Waals surface area contributed by atoms with Gasteiger partial charge in [-0.05, 0) is 53.7 Å². The quantitative estimate of drug-likeness (QED) is 0.665. The van der Waals surface area contributed by atoms with Gasteiger partial charge in [-0.3, -0.25) is 4.79 Å². The fourth-order valence-corrected chi connectivity index (χ4v) is 4.11. The van der Waals surface area contributed by atoms with Gasteiger partial charge in [0.2, 0.25) is 0 Å². The first-order chi connectivity index (χ1) is 13.7. The van der Waals surface area contributed by atoms with Crippen LogP contribution in [0.5, 0.6) is 0 Å². The second-order valence-electron chi connectivity index (χ2n) is 8.27. The Bertz CT molecular complexity index is 1060. The molecule has 0 radical (unpaired) electrons. The number of nitrogens with zero attached hydrogens (tertiary/aromatic N) is 4. The Morgan fingerprint density at radius 1 is 1.17 bits per heavy atom. The molecule has 4 heterocycles. The SMILES string of the molecule is Cc1cc(-c2cc(C(=O)N3C[C@@H](C)O[C@@H](C)C3)c3cnn(C(C)C)c3n2)c(C)o1. The van der Waals surface area contributed by atoms with Gasteiger partial charge in [0, 0.05) is 24.7 Å². The van der Waals surface area contributed by atoms with E-state index in [-0.39, 0.29) is 24.2 Å². The Morgan fingerprint density at radius 2 is 1.86 bits per heavy atom. The number of ether oxygens (including phenoxy) is 1. The summed E-state index contributed by atoms with van der Waals surface area (Å²) in [6.45, 7) is 13.1. The van der Waals surface area contributed by atoms with Gasteiger partial charge in [0.25, 0.3) is 5.91 Å². The molecule has 0 N–H and O–H groups in total. The summed E-state index contributed by atoms with van der Waals surface area (Å²) in [4.78, 5) is 20.3. The molecule has 0 saturated carbocycles. The van der Waals surface area contributed by atoms with Crippen molar-refractivity contribution in [3.05, 3.63) is 35.4 Å². The summed E-state index contributed by atoms with van der Waals surface area (Å²) in [5.41, 5.74) is 2.97. The Morgan fingerprint density at radius 3 is 2.45 bits per heavy atom. The first-order valence-electron chi connectivity index (χ1n) is 10.1. The summed E-state index contributed by atoms with van der Waals surface area (Å²) < 4.78 is 13.4. The minimum Gasteiger partial charge on any atom is -0.466 e. The number of fused-ring (bicyclic) bond motifs is 1. The molecule has 1 saturated heterocycles. The monoisotopic (exact) mass is 396 g/mol. The van der Waals surface area contributed by atoms with Crippen LogP contribution >= 0.6 is 0 Å². The molecule has 29 heavy (non-hydrogen) atoms. The van der Waals surface area contributed by atoms with Crippen molar-refractivity contribution in [3.63, 3.8) is 0 Å². The number of aryl methyl sites for hydroxylation is 2. The van der Waals surface area contributed by atoms with E-state index < -0.39 is 0 Å². The molecule has 1 aliphatic rings. The molecule has 1 aliphatic heterocycles. The number of carbonyl (C=O) groups excluding carboxylic acids is 1. The maximum Gasteiger partial charge on any atom is 0.254 e. The highest BCUT2D eigenvalue weighted by atomic mass is 16.5. The molecular formula is C22H28N4O3. The molecule has 3 aromatic rings. The van der Waals surface area contributed by atoms with Gasteiger partial charge in [0.1, 0.15) is 11.5 Å². The van der Waals surface area contributed by atoms with Crippen molar-refractivity contribution in [3.8, 4) is 11.3 Å². The summed E-state index contributed by atoms with van der Waals surface area (Å²) in [5.74, 6) is 1.60. The summed E-state index contributed by atoms with van der Waals surface area (Å²) in [7, 11) is 0. The third kappa shape index (κ3) is 3.55. The molecule has 7 heteroatoms. The summed E-state index contributed by atoms with van der Waals surface area (Å²) in [6, 6.07) is 3.97. The van der Waals surface area contributed by atoms with Gasteiger partial charge in [0.15, 0.2) is 5.65 Å². The molecule has 1 fully saturated rings. The second-order valence-corrected chi connectivity index (χ2v) is 8.27. The van der Waals surface area contributed by atoms with Crippen molar-refractivity contribution in [2.24, 2.45) is 0 Å². The highest BCUT2D eigenvalue weighted by Gasteiger charge is 2.29. The molecule has 3 aromatic heterocycles. The normalized spacial score (nSPS) is 20.0. The minimum absolute atomic E-state index is 0.0108. The lowest BCUT2D eigenvalue weighted by Crippen LogP contribution is -2.48. The van der Waals surface area contributed by atoms with Crippen molar-refractivity contribution in [2.75, 3.05) is 13.1 Å². The second kappa shape index (κ2) is 7.30. The molecule has 1 amide bonds. The van der Waals surface area contributed by atoms with Crippen molar-refractivity contribution in [1.29, 1.82) is 0 Å². The Kier molecular flexibility index (Phi) is 4.94. The lowest BCUT2D eigenvalue weighted by atomic mass is 10.1. The molecule has 154 valence electrons. The third-order valence-electron chi connectivity index (χ3n) is 5.31. The first kappa shape index (κ1) is 19.6. The van der Waals surface area contributed by atoms with E-state index in [1.165, 1.54) is 0 Å². The fourth-order valence-electron chi connectivity index (χ4n) is 4.11. The van der Waals surface area contributed by atoms with E-state index in [4.69, 9.17) is 14.1 Å². The van der Waals surface area contributed by atoms with Crippen LogP contribution in [0.2, 0.25) is 0 Å². The van der Waals surface area contributed by atoms with Crippen LogP contribution in [-0.4, -0.2) is 50.9 Å². The van der Waals surface area contributed by atoms with E-state index in [2.05, 4.69) is 18.9 Å². The summed E-state index contributed by atoms with van der Waals surface area (Å²) in [6.07, 6.45) is 1.77. The zero-order valence-electron chi connectivity index (χ0n) is 17.9. The van der Waals surface area contributed by atoms with Gasteiger partial charge < -0.3 is 14.1 Å². The van der Waals surface area contributed by atoms with E-state index >= 15 is 0 Å². The molecule has 2 atom stereocenters. The first-order valence-corrected chi connectivity index (χ1v) is 10.1. The maximum absolute atomic E-state index is 13.5. The van der Waals surface area contributed by atoms with Crippen LogP contribution in [0.4, 0.5) is 0 Å². The fraction of sp³-hybridized carbons (Fsp3) is 0.500. The van der Waals surface area contributed by atoms with Crippen molar-refractivity contribution >= 4 is 16.9 Å². The van der Waals surface area contributed by atoms with E-state index in [0.717, 1.165) is 28.2 Å². The highest BCUT2D eigenvalue weighted by Crippen LogP contribution is 2.31. The van der Waals surface area contributed by atoms with Crippen LogP contribution in [-0.2, 0) is 4.74 Å². The van der Waals surface area contributed by atoms with Gasteiger partial charge in [-0.15, -0.1) is 0 Å². The number of morpholine rings is 1. The number of carbonyl (C=O) groups is 1. The van der Waals surface area contributed by atoms with Gasteiger partial charge in [-0.2, -0.15) is 5.10 Å². The van der Waals surface area contributed by atoms with E-state index in [1.807, 2.05) is 49.4 Å². The van der Waals surface area contributed by atoms with Gasteiger partial charge in [0.05, 0.1) is 35.0 Å². The Labute approximate surface area is 170 Å². The van der Waals surface area contributed by atoms with Crippen molar-refractivity contribution in [1.82, 2.24) is 19.7 Å². The molecule has 7 nitrogen and oxygen atoms in total. The third-order valence-corrected chi connectivity index (χ3v) is 5.31. The predicted molar refractivity (Wildman–Crippen MR) is 111 cm³/mol. The largest absolute Gasteiger partial charge is 0.466 e. The zero-order chi connectivity index (χ0) is 20.9. The molecular weight excluding hydrogens is 368 g/mol. The van der Waals surface area contributed by atoms with E-state index in [0.29, 0.717) is 24.3 Å². The van der Waals surface area contributed by atoms with Crippen LogP contribution < -0.4 is 0 Å². The Balaban J connectivity index is 1.88. The van der Waals surface area contributed by atoms with E-state index in [1.54, 1.807) is 6.20 Å². The van der Waals surface area contributed by atoms with Crippen LogP contribution in [0.1, 0.15) is 55.6 Å². The Hall–Kier alpha value is -2.67. The zero-order valence-corrected chi connectivity index (χ0v) is 17.9. The molecule has 0 bridgehead atoms. The molecule has 0 aliphatic carbocycles. The molecule has 4 rings (SSSR count). The number of aromatic nitrogens is 3. The average Bonchev–Trinajstić information content (AvgIpc) is 3.22. The smallest absolute Gasteiger partial charge is 0.254 e. The topological polar surface area (TPSA) is 73.4 Å². The van der Waals surface area contributed by atoms with Crippen LogP contribution in [0.15, 0.2) is 22.7 Å². The number of furan rings is 1. The van der Waals surface area contributed by atoms with Crippen molar-refractivity contribution in [2.45, 2.75) is 59.8 Å². The van der Waals surface area contributed by atoms with Crippen LogP contribution in [0.3, 0.4) is 0 Å². The van der Waals surface area contributed by atoms with Crippen LogP contribution in [0, 0.1) is 13.8 Å². The van der Waals surface area contributed by atoms with Gasteiger partial charge in [-0.25, -0.2) is 9.67 Å². The molecule has 0 aromatic carbocycles. The number of pyridine rings is 1. The lowest BCUT2D eigenvalue weighted by Gasteiger charge is -2.35. The van der Waals surface area contributed by atoms with Crippen molar-refractivity contribution < 1.29 is 13.9 Å². The predicted octanol–water partition coefficient (Wildman–Crippen LogP) is 4.14. The standard InChI is InChI=1S/C22H28N4O3/c1-12(2)26-21-19(9-23-26)18(22(27)25-10-14(4)28-15(5)11-25)8-20(24-21)17-7-13(3)29-16(17)6/h7-9,12,14-15H,10-11H2,1-6H3/t14-,15+. The van der Waals surface area contributed by atoms with Gasteiger partial charge >= 0.3 is 0 Å². The molecule has 0 spiro atoms. The van der Waals surface area contributed by atoms with E-state index in [9.17, 15) is 4.79 Å². The number of hydrogen-bond acceptors (Lipinski definition) is 5. The summed E-state index contributed by atoms with van der Waals surface area (Å²) in [5, 5.41) is 5.29. The molecule has 0 unspecified atom stereocenters. The van der Waals surface area contributed by atoms with Gasteiger partial charge in [-0.1, -0.05) is 0 Å². The number of hydrogen-bond donors (Lipinski definition) is 0. The van der Waals surface area contributed by atoms with Crippen LogP contribution in [0.25, 0.3) is 22.3 Å². The maximum atomic E-state index is 13.5. The summed E-state index contributed by atoms with van der Waals surface area (Å²) >= 11 is 0. The average molecular weight is 396 g/mol. The number of rotatable bonds is 3.